The first-order valence-corrected chi connectivity index (χ1v) is 8.60. The van der Waals surface area contributed by atoms with Crippen molar-refractivity contribution in [1.82, 2.24) is 4.98 Å². The van der Waals surface area contributed by atoms with Gasteiger partial charge in [-0.15, -0.1) is 11.6 Å². The monoisotopic (exact) mass is 352 g/mol. The number of nitrogens with one attached hydrogen (secondary N) is 1. The van der Waals surface area contributed by atoms with Crippen LogP contribution in [-0.2, 0) is 9.53 Å². The Balaban J connectivity index is 2.28. The lowest BCUT2D eigenvalue weighted by molar-refractivity contribution is -0.116. The second-order valence-corrected chi connectivity index (χ2v) is 6.00. The highest BCUT2D eigenvalue weighted by Gasteiger charge is 2.21. The molecule has 1 aromatic carbocycles. The molecule has 122 valence electrons. The maximum atomic E-state index is 12.1. The first-order chi connectivity index (χ1) is 11.2. The number of carbonyl (C=O) groups excluding carboxylic acids is 2. The van der Waals surface area contributed by atoms with E-state index in [1.807, 2.05) is 30.3 Å². The van der Waals surface area contributed by atoms with Crippen LogP contribution in [0.15, 0.2) is 30.3 Å². The molecule has 0 spiro atoms. The van der Waals surface area contributed by atoms with Crippen molar-refractivity contribution >= 4 is 39.9 Å². The van der Waals surface area contributed by atoms with Gasteiger partial charge in [0.25, 0.3) is 0 Å². The molecule has 2 rings (SSSR count). The van der Waals surface area contributed by atoms with Crippen molar-refractivity contribution in [2.75, 3.05) is 17.8 Å². The summed E-state index contributed by atoms with van der Waals surface area (Å²) >= 11 is 6.69. The highest BCUT2D eigenvalue weighted by atomic mass is 35.5. The van der Waals surface area contributed by atoms with Crippen molar-refractivity contribution in [1.29, 1.82) is 0 Å². The van der Waals surface area contributed by atoms with E-state index in [-0.39, 0.29) is 12.5 Å². The zero-order valence-corrected chi connectivity index (χ0v) is 14.2. The van der Waals surface area contributed by atoms with Gasteiger partial charge in [0.15, 0.2) is 5.13 Å². The molecular formula is C16H17ClN2O3S. The van der Waals surface area contributed by atoms with Gasteiger partial charge < -0.3 is 10.1 Å². The molecule has 0 fully saturated rings. The molecule has 1 aromatic heterocycles. The predicted octanol–water partition coefficient (Wildman–Crippen LogP) is 3.94. The van der Waals surface area contributed by atoms with Gasteiger partial charge in [-0.05, 0) is 13.3 Å². The van der Waals surface area contributed by atoms with E-state index in [1.165, 1.54) is 0 Å². The molecule has 2 aromatic rings. The second-order valence-electron chi connectivity index (χ2n) is 4.62. The SMILES string of the molecule is CCOC(=O)c1sc(NC(=O)CCCCl)nc1-c1ccccc1. The van der Waals surface area contributed by atoms with Crippen molar-refractivity contribution in [3.63, 3.8) is 0 Å². The van der Waals surface area contributed by atoms with Gasteiger partial charge >= 0.3 is 5.97 Å². The molecule has 0 saturated heterocycles. The fourth-order valence-corrected chi connectivity index (χ4v) is 2.94. The van der Waals surface area contributed by atoms with Crippen LogP contribution in [0.2, 0.25) is 0 Å². The van der Waals surface area contributed by atoms with Crippen LogP contribution in [-0.4, -0.2) is 29.3 Å². The largest absolute Gasteiger partial charge is 0.462 e. The van der Waals surface area contributed by atoms with Gasteiger partial charge in [0.2, 0.25) is 5.91 Å². The summed E-state index contributed by atoms with van der Waals surface area (Å²) in [6, 6.07) is 9.33. The third kappa shape index (κ3) is 4.77. The number of thiazole rings is 1. The maximum absolute atomic E-state index is 12.1. The zero-order chi connectivity index (χ0) is 16.7. The zero-order valence-electron chi connectivity index (χ0n) is 12.7. The molecule has 7 heteroatoms. The number of ether oxygens (including phenoxy) is 1. The number of benzene rings is 1. The lowest BCUT2D eigenvalue weighted by Gasteiger charge is -2.01. The normalized spacial score (nSPS) is 10.3. The number of aromatic nitrogens is 1. The van der Waals surface area contributed by atoms with E-state index in [2.05, 4.69) is 10.3 Å². The molecule has 0 unspecified atom stereocenters. The third-order valence-electron chi connectivity index (χ3n) is 2.92. The molecule has 0 aliphatic carbocycles. The average molecular weight is 353 g/mol. The quantitative estimate of drug-likeness (QED) is 0.605. The first kappa shape index (κ1) is 17.4. The van der Waals surface area contributed by atoms with Gasteiger partial charge in [-0.1, -0.05) is 41.7 Å². The van der Waals surface area contributed by atoms with Crippen molar-refractivity contribution in [3.8, 4) is 11.3 Å². The molecular weight excluding hydrogens is 336 g/mol. The summed E-state index contributed by atoms with van der Waals surface area (Å²) in [5.41, 5.74) is 1.31. The second kappa shape index (κ2) is 8.64. The van der Waals surface area contributed by atoms with E-state index in [9.17, 15) is 9.59 Å². The van der Waals surface area contributed by atoms with Gasteiger partial charge in [0, 0.05) is 17.9 Å². The molecule has 23 heavy (non-hydrogen) atoms. The minimum atomic E-state index is -0.440. The first-order valence-electron chi connectivity index (χ1n) is 7.25. The molecule has 1 N–H and O–H groups in total. The Hall–Kier alpha value is -1.92. The summed E-state index contributed by atoms with van der Waals surface area (Å²) in [5.74, 6) is -0.186. The van der Waals surface area contributed by atoms with E-state index in [0.717, 1.165) is 16.9 Å². The molecule has 0 radical (unpaired) electrons. The number of hydrogen-bond acceptors (Lipinski definition) is 5. The summed E-state index contributed by atoms with van der Waals surface area (Å²) < 4.78 is 5.07. The molecule has 0 aliphatic rings. The lowest BCUT2D eigenvalue weighted by Crippen LogP contribution is -2.10. The van der Waals surface area contributed by atoms with Gasteiger partial charge in [-0.25, -0.2) is 9.78 Å². The maximum Gasteiger partial charge on any atom is 0.350 e. The summed E-state index contributed by atoms with van der Waals surface area (Å²) in [6.45, 7) is 2.03. The molecule has 1 heterocycles. The number of halogens is 1. The summed E-state index contributed by atoms with van der Waals surface area (Å²) in [7, 11) is 0. The van der Waals surface area contributed by atoms with E-state index < -0.39 is 5.97 Å². The van der Waals surface area contributed by atoms with Crippen LogP contribution in [0, 0.1) is 0 Å². The lowest BCUT2D eigenvalue weighted by atomic mass is 10.1. The van der Waals surface area contributed by atoms with Crippen molar-refractivity contribution < 1.29 is 14.3 Å². The number of nitrogens with zero attached hydrogens (tertiary/aromatic N) is 1. The van der Waals surface area contributed by atoms with Crippen LogP contribution in [0.25, 0.3) is 11.3 Å². The Morgan fingerprint density at radius 3 is 2.70 bits per heavy atom. The van der Waals surface area contributed by atoms with E-state index >= 15 is 0 Å². The Morgan fingerprint density at radius 2 is 2.04 bits per heavy atom. The van der Waals surface area contributed by atoms with Gasteiger partial charge in [0.1, 0.15) is 4.88 Å². The fraction of sp³-hybridized carbons (Fsp3) is 0.312. The number of amides is 1. The molecule has 0 atom stereocenters. The van der Waals surface area contributed by atoms with Crippen LogP contribution in [0.1, 0.15) is 29.4 Å². The number of rotatable bonds is 7. The minimum Gasteiger partial charge on any atom is -0.462 e. The Kier molecular flexibility index (Phi) is 6.55. The van der Waals surface area contributed by atoms with Crippen LogP contribution in [0.5, 0.6) is 0 Å². The number of carbonyl (C=O) groups is 2. The van der Waals surface area contributed by atoms with Gasteiger partial charge in [-0.2, -0.15) is 0 Å². The number of esters is 1. The topological polar surface area (TPSA) is 68.3 Å². The Labute approximate surface area is 143 Å². The number of hydrogen-bond donors (Lipinski definition) is 1. The summed E-state index contributed by atoms with van der Waals surface area (Å²) in [5, 5.41) is 3.09. The van der Waals surface area contributed by atoms with Crippen molar-refractivity contribution in [2.45, 2.75) is 19.8 Å². The van der Waals surface area contributed by atoms with Crippen LogP contribution in [0.4, 0.5) is 5.13 Å². The molecule has 0 bridgehead atoms. The van der Waals surface area contributed by atoms with Crippen LogP contribution < -0.4 is 5.32 Å². The molecule has 5 nitrogen and oxygen atoms in total. The number of anilines is 1. The molecule has 0 aliphatic heterocycles. The molecule has 1 amide bonds. The highest BCUT2D eigenvalue weighted by molar-refractivity contribution is 7.18. The van der Waals surface area contributed by atoms with Gasteiger partial charge in [-0.3, -0.25) is 4.79 Å². The highest BCUT2D eigenvalue weighted by Crippen LogP contribution is 2.31. The van der Waals surface area contributed by atoms with Crippen molar-refractivity contribution in [2.24, 2.45) is 0 Å². The fourth-order valence-electron chi connectivity index (χ4n) is 1.91. The average Bonchev–Trinajstić information content (AvgIpc) is 2.98. The van der Waals surface area contributed by atoms with Crippen LogP contribution >= 0.6 is 22.9 Å². The smallest absolute Gasteiger partial charge is 0.350 e. The van der Waals surface area contributed by atoms with E-state index in [1.54, 1.807) is 6.92 Å². The van der Waals surface area contributed by atoms with E-state index in [0.29, 0.717) is 34.4 Å². The third-order valence-corrected chi connectivity index (χ3v) is 4.14. The molecule has 0 saturated carbocycles. The minimum absolute atomic E-state index is 0.172. The summed E-state index contributed by atoms with van der Waals surface area (Å²) in [6.07, 6.45) is 0.910. The predicted molar refractivity (Wildman–Crippen MR) is 92.1 cm³/mol. The summed E-state index contributed by atoms with van der Waals surface area (Å²) in [4.78, 5) is 28.7. The van der Waals surface area contributed by atoms with E-state index in [4.69, 9.17) is 16.3 Å². The van der Waals surface area contributed by atoms with Gasteiger partial charge in [0.05, 0.1) is 12.3 Å². The standard InChI is InChI=1S/C16H17ClN2O3S/c1-2-22-15(21)14-13(11-7-4-3-5-8-11)19-16(23-14)18-12(20)9-6-10-17/h3-5,7-8H,2,6,9-10H2,1H3,(H,18,19,20). The Bertz CT molecular complexity index is 673. The number of alkyl halides is 1. The Morgan fingerprint density at radius 1 is 1.30 bits per heavy atom. The van der Waals surface area contributed by atoms with Crippen molar-refractivity contribution in [3.05, 3.63) is 35.2 Å². The van der Waals surface area contributed by atoms with Crippen LogP contribution in [0.3, 0.4) is 0 Å².